The second-order valence-electron chi connectivity index (χ2n) is 2.18. The third kappa shape index (κ3) is 1.10. The molecule has 1 aliphatic rings. The molecule has 1 unspecified atom stereocenters. The summed E-state index contributed by atoms with van der Waals surface area (Å²) in [5.41, 5.74) is 0. The highest BCUT2D eigenvalue weighted by atomic mass is 16.6. The summed E-state index contributed by atoms with van der Waals surface area (Å²) in [6, 6.07) is 1.92. The molecule has 2 heterocycles. The highest BCUT2D eigenvalue weighted by Gasteiger charge is 2.22. The normalized spacial score (nSPS) is 24.2. The van der Waals surface area contributed by atoms with Crippen LogP contribution in [0.5, 0.6) is 0 Å². The molecule has 0 amide bonds. The third-order valence-electron chi connectivity index (χ3n) is 1.35. The van der Waals surface area contributed by atoms with Gasteiger partial charge in [0.25, 0.3) is 0 Å². The van der Waals surface area contributed by atoms with Gasteiger partial charge in [0, 0.05) is 12.4 Å². The van der Waals surface area contributed by atoms with Crippen molar-refractivity contribution >= 4 is 0 Å². The minimum absolute atomic E-state index is 0.435. The molecule has 3 nitrogen and oxygen atoms in total. The highest BCUT2D eigenvalue weighted by Crippen LogP contribution is 2.10. The molecule has 1 aliphatic heterocycles. The van der Waals surface area contributed by atoms with Gasteiger partial charge in [0.2, 0.25) is 0 Å². The Kier molecular flexibility index (Phi) is 1.02. The molecule has 9 heavy (non-hydrogen) atoms. The van der Waals surface area contributed by atoms with Gasteiger partial charge in [0.1, 0.15) is 6.10 Å². The maximum absolute atomic E-state index is 5.02. The van der Waals surface area contributed by atoms with Crippen LogP contribution >= 0.6 is 0 Å². The van der Waals surface area contributed by atoms with Crippen LogP contribution in [0.25, 0.3) is 0 Å². The molecule has 48 valence electrons. The van der Waals surface area contributed by atoms with Crippen molar-refractivity contribution in [3.8, 4) is 0 Å². The molecule has 0 radical (unpaired) electrons. The fourth-order valence-corrected chi connectivity index (χ4v) is 0.791. The zero-order chi connectivity index (χ0) is 6.10. The highest BCUT2D eigenvalue weighted by molar-refractivity contribution is 4.80. The van der Waals surface area contributed by atoms with Gasteiger partial charge in [-0.1, -0.05) is 0 Å². The van der Waals surface area contributed by atoms with Gasteiger partial charge < -0.3 is 4.74 Å². The predicted octanol–water partition coefficient (Wildman–Crippen LogP) is 0.282. The summed E-state index contributed by atoms with van der Waals surface area (Å²) in [4.78, 5) is 0. The van der Waals surface area contributed by atoms with Crippen molar-refractivity contribution in [1.29, 1.82) is 0 Å². The van der Waals surface area contributed by atoms with Crippen LogP contribution in [0.15, 0.2) is 18.5 Å². The Bertz CT molecular complexity index is 179. The van der Waals surface area contributed by atoms with Crippen LogP contribution < -0.4 is 0 Å². The van der Waals surface area contributed by atoms with E-state index in [0.717, 1.165) is 13.2 Å². The van der Waals surface area contributed by atoms with Crippen molar-refractivity contribution in [3.05, 3.63) is 18.5 Å². The minimum atomic E-state index is 0.435. The molecule has 1 atom stereocenters. The first-order valence-electron chi connectivity index (χ1n) is 3.04. The number of epoxide rings is 1. The lowest BCUT2D eigenvalue weighted by Crippen LogP contribution is -2.03. The topological polar surface area (TPSA) is 30.4 Å². The van der Waals surface area contributed by atoms with E-state index in [4.69, 9.17) is 4.74 Å². The van der Waals surface area contributed by atoms with Gasteiger partial charge in [-0.15, -0.1) is 0 Å². The van der Waals surface area contributed by atoms with Crippen LogP contribution in [-0.2, 0) is 11.3 Å². The molecule has 1 aromatic rings. The van der Waals surface area contributed by atoms with Crippen molar-refractivity contribution in [2.45, 2.75) is 12.6 Å². The fourth-order valence-electron chi connectivity index (χ4n) is 0.791. The first-order chi connectivity index (χ1) is 4.45. The van der Waals surface area contributed by atoms with Gasteiger partial charge in [0.05, 0.1) is 13.2 Å². The first-order valence-corrected chi connectivity index (χ1v) is 3.04. The van der Waals surface area contributed by atoms with Crippen LogP contribution in [0.2, 0.25) is 0 Å². The van der Waals surface area contributed by atoms with E-state index in [-0.39, 0.29) is 0 Å². The molecule has 0 N–H and O–H groups in total. The molecule has 3 heteroatoms. The summed E-state index contributed by atoms with van der Waals surface area (Å²) in [5.74, 6) is 0. The second kappa shape index (κ2) is 1.84. The lowest BCUT2D eigenvalue weighted by molar-refractivity contribution is 0.373. The number of aromatic nitrogens is 2. The Morgan fingerprint density at radius 3 is 3.22 bits per heavy atom. The van der Waals surface area contributed by atoms with Crippen molar-refractivity contribution in [2.24, 2.45) is 0 Å². The van der Waals surface area contributed by atoms with Gasteiger partial charge in [-0.05, 0) is 6.07 Å². The first kappa shape index (κ1) is 4.99. The van der Waals surface area contributed by atoms with Gasteiger partial charge in [-0.3, -0.25) is 4.68 Å². The van der Waals surface area contributed by atoms with E-state index in [2.05, 4.69) is 5.10 Å². The molecular formula is C6H8N2O. The maximum atomic E-state index is 5.02. The number of nitrogens with zero attached hydrogens (tertiary/aromatic N) is 2. The molecule has 0 aliphatic carbocycles. The van der Waals surface area contributed by atoms with E-state index < -0.39 is 0 Å². The Hall–Kier alpha value is -0.830. The Labute approximate surface area is 53.2 Å². The second-order valence-corrected chi connectivity index (χ2v) is 2.18. The molecule has 1 saturated heterocycles. The molecule has 0 spiro atoms. The van der Waals surface area contributed by atoms with Crippen molar-refractivity contribution in [2.75, 3.05) is 6.61 Å². The number of hydrogen-bond donors (Lipinski definition) is 0. The van der Waals surface area contributed by atoms with E-state index >= 15 is 0 Å². The van der Waals surface area contributed by atoms with Crippen LogP contribution in [0.1, 0.15) is 0 Å². The largest absolute Gasteiger partial charge is 0.371 e. The monoisotopic (exact) mass is 124 g/mol. The molecule has 0 saturated carbocycles. The van der Waals surface area contributed by atoms with Crippen LogP contribution in [0.3, 0.4) is 0 Å². The average Bonchev–Trinajstić information content (AvgIpc) is 2.46. The van der Waals surface area contributed by atoms with Crippen molar-refractivity contribution in [3.63, 3.8) is 0 Å². The maximum Gasteiger partial charge on any atom is 0.100 e. The smallest absolute Gasteiger partial charge is 0.100 e. The molecule has 2 rings (SSSR count). The average molecular weight is 124 g/mol. The summed E-state index contributed by atoms with van der Waals surface area (Å²) in [5, 5.41) is 4.03. The van der Waals surface area contributed by atoms with Crippen molar-refractivity contribution in [1.82, 2.24) is 9.78 Å². The zero-order valence-corrected chi connectivity index (χ0v) is 5.03. The molecule has 0 bridgehead atoms. The summed E-state index contributed by atoms with van der Waals surface area (Å²) in [7, 11) is 0. The summed E-state index contributed by atoms with van der Waals surface area (Å²) >= 11 is 0. The Morgan fingerprint density at radius 2 is 2.67 bits per heavy atom. The molecular weight excluding hydrogens is 116 g/mol. The van der Waals surface area contributed by atoms with Gasteiger partial charge in [-0.25, -0.2) is 0 Å². The number of hydrogen-bond acceptors (Lipinski definition) is 2. The third-order valence-corrected chi connectivity index (χ3v) is 1.35. The van der Waals surface area contributed by atoms with Gasteiger partial charge in [-0.2, -0.15) is 5.10 Å². The van der Waals surface area contributed by atoms with E-state index in [1.54, 1.807) is 6.20 Å². The zero-order valence-electron chi connectivity index (χ0n) is 5.03. The number of ether oxygens (including phenoxy) is 1. The SMILES string of the molecule is c1cnn(CC2CO2)c1. The Balaban J connectivity index is 1.99. The molecule has 1 aromatic heterocycles. The Morgan fingerprint density at radius 1 is 1.78 bits per heavy atom. The molecule has 1 fully saturated rings. The molecule has 0 aromatic carbocycles. The summed E-state index contributed by atoms with van der Waals surface area (Å²) < 4.78 is 6.91. The van der Waals surface area contributed by atoms with Gasteiger partial charge >= 0.3 is 0 Å². The lowest BCUT2D eigenvalue weighted by atomic mass is 10.5. The van der Waals surface area contributed by atoms with Crippen molar-refractivity contribution < 1.29 is 4.74 Å². The lowest BCUT2D eigenvalue weighted by Gasteiger charge is -1.92. The van der Waals surface area contributed by atoms with E-state index in [1.165, 1.54) is 0 Å². The van der Waals surface area contributed by atoms with Gasteiger partial charge in [0.15, 0.2) is 0 Å². The van der Waals surface area contributed by atoms with Crippen LogP contribution in [0.4, 0.5) is 0 Å². The summed E-state index contributed by atoms with van der Waals surface area (Å²) in [6.45, 7) is 1.81. The fraction of sp³-hybridized carbons (Fsp3) is 0.500. The summed E-state index contributed by atoms with van der Waals surface area (Å²) in [6.07, 6.45) is 4.16. The predicted molar refractivity (Wildman–Crippen MR) is 32.0 cm³/mol. The van der Waals surface area contributed by atoms with Crippen LogP contribution in [0, 0.1) is 0 Å². The van der Waals surface area contributed by atoms with E-state index in [1.807, 2.05) is 16.9 Å². The van der Waals surface area contributed by atoms with E-state index in [9.17, 15) is 0 Å². The number of rotatable bonds is 2. The van der Waals surface area contributed by atoms with Crippen LogP contribution in [-0.4, -0.2) is 22.5 Å². The quantitative estimate of drug-likeness (QED) is 0.530. The standard InChI is InChI=1S/C6H8N2O/c1-2-7-8(3-1)4-6-5-9-6/h1-3,6H,4-5H2. The minimum Gasteiger partial charge on any atom is -0.371 e. The van der Waals surface area contributed by atoms with E-state index in [0.29, 0.717) is 6.10 Å².